The van der Waals surface area contributed by atoms with E-state index in [2.05, 4.69) is 20.6 Å². The van der Waals surface area contributed by atoms with Gasteiger partial charge in [-0.15, -0.1) is 16.4 Å². The minimum absolute atomic E-state index is 0.805. The fourth-order valence-electron chi connectivity index (χ4n) is 0.940. The molecule has 68 valence electrons. The Kier molecular flexibility index (Phi) is 2.51. The van der Waals surface area contributed by atoms with Crippen LogP contribution in [0.1, 0.15) is 0 Å². The van der Waals surface area contributed by atoms with Crippen LogP contribution in [0.4, 0.5) is 5.13 Å². The minimum Gasteiger partial charge on any atom is -0.360 e. The lowest BCUT2D eigenvalue weighted by Gasteiger charge is -2.01. The predicted octanol–water partition coefficient (Wildman–Crippen LogP) is 0.847. The summed E-state index contributed by atoms with van der Waals surface area (Å²) in [6.07, 6.45) is 5.29. The molecule has 0 saturated heterocycles. The van der Waals surface area contributed by atoms with E-state index in [-0.39, 0.29) is 0 Å². The normalized spacial score (nSPS) is 10.2. The summed E-state index contributed by atoms with van der Waals surface area (Å²) in [5, 5.41) is 13.6. The van der Waals surface area contributed by atoms with E-state index < -0.39 is 0 Å². The highest BCUT2D eigenvalue weighted by Crippen LogP contribution is 2.09. The van der Waals surface area contributed by atoms with E-state index in [0.717, 1.165) is 18.2 Å². The molecule has 0 aliphatic carbocycles. The van der Waals surface area contributed by atoms with Crippen molar-refractivity contribution in [1.29, 1.82) is 0 Å². The average molecular weight is 195 g/mol. The Morgan fingerprint density at radius 2 is 2.46 bits per heavy atom. The van der Waals surface area contributed by atoms with Crippen molar-refractivity contribution in [2.75, 3.05) is 11.9 Å². The van der Waals surface area contributed by atoms with Crippen molar-refractivity contribution in [3.63, 3.8) is 0 Å². The van der Waals surface area contributed by atoms with Crippen molar-refractivity contribution < 1.29 is 0 Å². The van der Waals surface area contributed by atoms with Gasteiger partial charge >= 0.3 is 0 Å². The molecule has 0 aliphatic rings. The lowest BCUT2D eigenvalue weighted by molar-refractivity contribution is 0.609. The van der Waals surface area contributed by atoms with Crippen LogP contribution in [0.25, 0.3) is 0 Å². The van der Waals surface area contributed by atoms with Crippen LogP contribution in [0.15, 0.2) is 24.0 Å². The van der Waals surface area contributed by atoms with Crippen molar-refractivity contribution in [3.05, 3.63) is 24.0 Å². The summed E-state index contributed by atoms with van der Waals surface area (Å²) in [4.78, 5) is 4.10. The molecule has 2 rings (SSSR count). The number of rotatable bonds is 4. The van der Waals surface area contributed by atoms with Gasteiger partial charge in [0.05, 0.1) is 12.7 Å². The van der Waals surface area contributed by atoms with Crippen LogP contribution >= 0.6 is 11.3 Å². The molecule has 13 heavy (non-hydrogen) atoms. The molecule has 1 N–H and O–H groups in total. The third-order valence-electron chi connectivity index (χ3n) is 1.52. The van der Waals surface area contributed by atoms with Gasteiger partial charge in [0, 0.05) is 24.3 Å². The standard InChI is InChI=1S/C7H9N5S/c1(4-12-5-2-10-11-12)8-7-9-3-6-13-7/h2-3,5-6H,1,4H2,(H,8,9). The van der Waals surface area contributed by atoms with Crippen LogP contribution in [0.2, 0.25) is 0 Å². The molecular weight excluding hydrogens is 186 g/mol. The number of hydrogen-bond donors (Lipinski definition) is 1. The summed E-state index contributed by atoms with van der Waals surface area (Å²) < 4.78 is 1.78. The second-order valence-electron chi connectivity index (χ2n) is 2.43. The molecule has 2 aromatic rings. The first-order chi connectivity index (χ1) is 6.45. The van der Waals surface area contributed by atoms with Crippen molar-refractivity contribution in [1.82, 2.24) is 20.0 Å². The maximum atomic E-state index is 4.10. The molecule has 0 aromatic carbocycles. The molecule has 6 heteroatoms. The second kappa shape index (κ2) is 3.99. The van der Waals surface area contributed by atoms with Crippen LogP contribution in [0, 0.1) is 0 Å². The van der Waals surface area contributed by atoms with E-state index in [9.17, 15) is 0 Å². The molecule has 2 heterocycles. The topological polar surface area (TPSA) is 55.6 Å². The zero-order valence-corrected chi connectivity index (χ0v) is 7.74. The quantitative estimate of drug-likeness (QED) is 0.785. The maximum absolute atomic E-state index is 4.10. The largest absolute Gasteiger partial charge is 0.360 e. The monoisotopic (exact) mass is 195 g/mol. The molecule has 2 aromatic heterocycles. The lowest BCUT2D eigenvalue weighted by Crippen LogP contribution is -2.10. The van der Waals surface area contributed by atoms with Gasteiger partial charge in [0.25, 0.3) is 0 Å². The number of hydrogen-bond acceptors (Lipinski definition) is 5. The zero-order chi connectivity index (χ0) is 8.93. The summed E-state index contributed by atoms with van der Waals surface area (Å²) in [5.74, 6) is 0. The van der Waals surface area contributed by atoms with Gasteiger partial charge in [-0.2, -0.15) is 0 Å². The lowest BCUT2D eigenvalue weighted by atomic mass is 10.6. The average Bonchev–Trinajstić information content (AvgIpc) is 2.75. The second-order valence-corrected chi connectivity index (χ2v) is 3.32. The highest BCUT2D eigenvalue weighted by Gasteiger charge is 1.93. The van der Waals surface area contributed by atoms with Crippen LogP contribution in [0.3, 0.4) is 0 Å². The molecular formula is C7H9N5S. The van der Waals surface area contributed by atoms with Crippen molar-refractivity contribution in [2.24, 2.45) is 0 Å². The van der Waals surface area contributed by atoms with Crippen molar-refractivity contribution >= 4 is 16.5 Å². The summed E-state index contributed by atoms with van der Waals surface area (Å²) in [6.45, 7) is 1.62. The third-order valence-corrected chi connectivity index (χ3v) is 2.25. The molecule has 0 unspecified atom stereocenters. The van der Waals surface area contributed by atoms with Gasteiger partial charge in [-0.3, -0.25) is 4.68 Å². The number of nitrogens with zero attached hydrogens (tertiary/aromatic N) is 4. The molecule has 0 bridgehead atoms. The van der Waals surface area contributed by atoms with Crippen molar-refractivity contribution in [2.45, 2.75) is 6.54 Å². The van der Waals surface area contributed by atoms with Gasteiger partial charge in [-0.05, 0) is 0 Å². The van der Waals surface area contributed by atoms with E-state index in [1.54, 1.807) is 28.4 Å². The fourth-order valence-corrected chi connectivity index (χ4v) is 1.50. The van der Waals surface area contributed by atoms with E-state index in [4.69, 9.17) is 0 Å². The van der Waals surface area contributed by atoms with Crippen LogP contribution in [-0.4, -0.2) is 26.5 Å². The Balaban J connectivity index is 1.76. The minimum atomic E-state index is 0.805. The SMILES string of the molecule is c1cn(CCNc2nccs2)nn1. The molecule has 0 atom stereocenters. The molecule has 0 saturated carbocycles. The third kappa shape index (κ3) is 2.25. The summed E-state index contributed by atoms with van der Waals surface area (Å²) in [5.41, 5.74) is 0. The van der Waals surface area contributed by atoms with E-state index in [1.165, 1.54) is 0 Å². The van der Waals surface area contributed by atoms with Gasteiger partial charge in [-0.1, -0.05) is 5.21 Å². The Morgan fingerprint density at radius 3 is 3.15 bits per heavy atom. The molecule has 0 aliphatic heterocycles. The summed E-state index contributed by atoms with van der Waals surface area (Å²) in [6, 6.07) is 0. The smallest absolute Gasteiger partial charge is 0.182 e. The first kappa shape index (κ1) is 8.18. The van der Waals surface area contributed by atoms with Gasteiger partial charge in [0.1, 0.15) is 0 Å². The van der Waals surface area contributed by atoms with Gasteiger partial charge in [0.2, 0.25) is 0 Å². The van der Waals surface area contributed by atoms with Gasteiger partial charge in [0.15, 0.2) is 5.13 Å². The van der Waals surface area contributed by atoms with E-state index >= 15 is 0 Å². The summed E-state index contributed by atoms with van der Waals surface area (Å²) >= 11 is 1.59. The molecule has 0 amide bonds. The predicted molar refractivity (Wildman–Crippen MR) is 50.6 cm³/mol. The van der Waals surface area contributed by atoms with Gasteiger partial charge < -0.3 is 5.32 Å². The van der Waals surface area contributed by atoms with Crippen LogP contribution < -0.4 is 5.32 Å². The fraction of sp³-hybridized carbons (Fsp3) is 0.286. The molecule has 0 radical (unpaired) electrons. The Morgan fingerprint density at radius 1 is 1.46 bits per heavy atom. The van der Waals surface area contributed by atoms with E-state index in [0.29, 0.717) is 0 Å². The summed E-state index contributed by atoms with van der Waals surface area (Å²) in [7, 11) is 0. The number of nitrogens with one attached hydrogen (secondary N) is 1. The molecule has 5 nitrogen and oxygen atoms in total. The highest BCUT2D eigenvalue weighted by atomic mass is 32.1. The Bertz CT molecular complexity index is 293. The number of anilines is 1. The molecule has 0 fully saturated rings. The first-order valence-corrected chi connectivity index (χ1v) is 4.80. The molecule has 0 spiro atoms. The first-order valence-electron chi connectivity index (χ1n) is 3.92. The zero-order valence-electron chi connectivity index (χ0n) is 6.92. The van der Waals surface area contributed by atoms with E-state index in [1.807, 2.05) is 11.6 Å². The van der Waals surface area contributed by atoms with Crippen LogP contribution in [-0.2, 0) is 6.54 Å². The maximum Gasteiger partial charge on any atom is 0.182 e. The number of thiazole rings is 1. The highest BCUT2D eigenvalue weighted by molar-refractivity contribution is 7.13. The Hall–Kier alpha value is -1.43. The Labute approximate surface area is 79.4 Å². The van der Waals surface area contributed by atoms with Crippen molar-refractivity contribution in [3.8, 4) is 0 Å². The van der Waals surface area contributed by atoms with Crippen LogP contribution in [0.5, 0.6) is 0 Å². The number of aromatic nitrogens is 4. The van der Waals surface area contributed by atoms with Gasteiger partial charge in [-0.25, -0.2) is 4.98 Å².